The molecule has 2 N–H and O–H groups in total. The minimum atomic E-state index is -1.14. The summed E-state index contributed by atoms with van der Waals surface area (Å²) >= 11 is 6.01. The molecule has 1 aliphatic heterocycles. The van der Waals surface area contributed by atoms with E-state index in [1.54, 1.807) is 6.07 Å². The van der Waals surface area contributed by atoms with Crippen LogP contribution in [-0.2, 0) is 4.74 Å². The molecule has 0 saturated carbocycles. The van der Waals surface area contributed by atoms with E-state index in [0.717, 1.165) is 26.1 Å². The van der Waals surface area contributed by atoms with Crippen molar-refractivity contribution in [1.29, 1.82) is 0 Å². The molecule has 0 spiro atoms. The second-order valence-corrected chi connectivity index (χ2v) is 9.44. The summed E-state index contributed by atoms with van der Waals surface area (Å²) in [6, 6.07) is 24.9. The van der Waals surface area contributed by atoms with E-state index in [1.807, 2.05) is 41.3 Å². The van der Waals surface area contributed by atoms with E-state index in [0.29, 0.717) is 32.0 Å². The van der Waals surface area contributed by atoms with Gasteiger partial charge in [-0.25, -0.2) is 9.59 Å². The quantitative estimate of drug-likeness (QED) is 0.372. The van der Waals surface area contributed by atoms with Crippen LogP contribution in [0.5, 0.6) is 0 Å². The first kappa shape index (κ1) is 26.7. The van der Waals surface area contributed by atoms with Crippen LogP contribution in [0.25, 0.3) is 0 Å². The van der Waals surface area contributed by atoms with Gasteiger partial charge in [0.05, 0.1) is 23.8 Å². The third-order valence-corrected chi connectivity index (χ3v) is 6.95. The molecular formula is C29H32ClN3O4. The zero-order valence-corrected chi connectivity index (χ0v) is 21.4. The average molecular weight is 522 g/mol. The zero-order chi connectivity index (χ0) is 26.0. The fraction of sp³-hybridized carbons (Fsp3) is 0.310. The van der Waals surface area contributed by atoms with Gasteiger partial charge in [-0.05, 0) is 35.7 Å². The summed E-state index contributed by atoms with van der Waals surface area (Å²) in [5, 5.41) is 12.4. The maximum Gasteiger partial charge on any atom is 0.337 e. The molecule has 0 unspecified atom stereocenters. The predicted octanol–water partition coefficient (Wildman–Crippen LogP) is 5.43. The van der Waals surface area contributed by atoms with Crippen molar-refractivity contribution in [2.24, 2.45) is 0 Å². The number of benzene rings is 3. The van der Waals surface area contributed by atoms with Gasteiger partial charge in [0.15, 0.2) is 0 Å². The maximum absolute atomic E-state index is 13.4. The zero-order valence-electron chi connectivity index (χ0n) is 20.7. The van der Waals surface area contributed by atoms with Crippen molar-refractivity contribution < 1.29 is 19.4 Å². The molecule has 1 aliphatic rings. The lowest BCUT2D eigenvalue weighted by Crippen LogP contribution is -2.44. The second-order valence-electron chi connectivity index (χ2n) is 9.03. The molecule has 0 radical (unpaired) electrons. The number of nitrogens with zero attached hydrogens (tertiary/aromatic N) is 2. The van der Waals surface area contributed by atoms with Gasteiger partial charge in [0.1, 0.15) is 0 Å². The van der Waals surface area contributed by atoms with Crippen LogP contribution in [0, 0.1) is 0 Å². The number of carbonyl (C=O) groups excluding carboxylic acids is 1. The molecule has 2 amide bonds. The standard InChI is InChI=1S/C29H32ClN3O4/c30-27-12-11-24(21-26(27)28(34)35)31-29(36)33(16-15-32-17-19-37-20-18-32)14-13-25(22-7-3-1-4-8-22)23-9-5-2-6-10-23/h1-12,21,25H,13-20H2,(H,31,36)(H,34,35). The number of urea groups is 1. The van der Waals surface area contributed by atoms with Crippen LogP contribution in [0.15, 0.2) is 78.9 Å². The predicted molar refractivity (Wildman–Crippen MR) is 146 cm³/mol. The number of rotatable bonds is 10. The largest absolute Gasteiger partial charge is 0.478 e. The van der Waals surface area contributed by atoms with E-state index in [9.17, 15) is 14.7 Å². The Labute approximate surface area is 222 Å². The van der Waals surface area contributed by atoms with Crippen molar-refractivity contribution >= 4 is 29.3 Å². The van der Waals surface area contributed by atoms with E-state index < -0.39 is 5.97 Å². The molecule has 8 heteroatoms. The summed E-state index contributed by atoms with van der Waals surface area (Å²) < 4.78 is 5.46. The fourth-order valence-corrected chi connectivity index (χ4v) is 4.75. The van der Waals surface area contributed by atoms with Crippen LogP contribution >= 0.6 is 11.6 Å². The number of carboxylic acids is 1. The molecule has 1 saturated heterocycles. The molecule has 0 aromatic heterocycles. The summed E-state index contributed by atoms with van der Waals surface area (Å²) in [5.74, 6) is -1.01. The Kier molecular flexibility index (Phi) is 9.54. The normalized spacial score (nSPS) is 13.9. The third kappa shape index (κ3) is 7.55. The van der Waals surface area contributed by atoms with E-state index >= 15 is 0 Å². The maximum atomic E-state index is 13.4. The van der Waals surface area contributed by atoms with Gasteiger partial charge in [-0.15, -0.1) is 0 Å². The molecule has 0 aliphatic carbocycles. The molecule has 0 bridgehead atoms. The summed E-state index contributed by atoms with van der Waals surface area (Å²) in [6.45, 7) is 4.87. The number of nitrogens with one attached hydrogen (secondary N) is 1. The highest BCUT2D eigenvalue weighted by molar-refractivity contribution is 6.33. The fourth-order valence-electron chi connectivity index (χ4n) is 4.55. The van der Waals surface area contributed by atoms with Gasteiger partial charge >= 0.3 is 12.0 Å². The second kappa shape index (κ2) is 13.2. The Hall–Kier alpha value is -3.39. The van der Waals surface area contributed by atoms with E-state index in [4.69, 9.17) is 16.3 Å². The van der Waals surface area contributed by atoms with Gasteiger partial charge in [0, 0.05) is 44.3 Å². The molecule has 1 fully saturated rings. The van der Waals surface area contributed by atoms with Crippen LogP contribution < -0.4 is 5.32 Å². The lowest BCUT2D eigenvalue weighted by Gasteiger charge is -2.31. The highest BCUT2D eigenvalue weighted by atomic mass is 35.5. The molecule has 37 heavy (non-hydrogen) atoms. The number of anilines is 1. The minimum Gasteiger partial charge on any atom is -0.478 e. The lowest BCUT2D eigenvalue weighted by atomic mass is 9.88. The van der Waals surface area contributed by atoms with Gasteiger partial charge in [-0.1, -0.05) is 72.3 Å². The summed E-state index contributed by atoms with van der Waals surface area (Å²) in [5.41, 5.74) is 2.75. The molecular weight excluding hydrogens is 490 g/mol. The Morgan fingerprint density at radius 2 is 1.57 bits per heavy atom. The number of carboxylic acid groups (broad SMARTS) is 1. The van der Waals surface area contributed by atoms with Crippen LogP contribution in [0.3, 0.4) is 0 Å². The van der Waals surface area contributed by atoms with Crippen LogP contribution in [0.1, 0.15) is 33.8 Å². The Balaban J connectivity index is 1.51. The number of morpholine rings is 1. The minimum absolute atomic E-state index is 0.0486. The summed E-state index contributed by atoms with van der Waals surface area (Å²) in [4.78, 5) is 29.0. The molecule has 3 aromatic carbocycles. The van der Waals surface area contributed by atoms with Crippen molar-refractivity contribution in [2.75, 3.05) is 51.3 Å². The first-order valence-electron chi connectivity index (χ1n) is 12.5. The third-order valence-electron chi connectivity index (χ3n) is 6.62. The monoisotopic (exact) mass is 521 g/mol. The number of carbonyl (C=O) groups is 2. The molecule has 7 nitrogen and oxygen atoms in total. The van der Waals surface area contributed by atoms with E-state index in [-0.39, 0.29) is 22.5 Å². The number of hydrogen-bond acceptors (Lipinski definition) is 4. The molecule has 3 aromatic rings. The van der Waals surface area contributed by atoms with Crippen molar-refractivity contribution in [1.82, 2.24) is 9.80 Å². The van der Waals surface area contributed by atoms with Gasteiger partial charge in [-0.3, -0.25) is 4.90 Å². The number of hydrogen-bond donors (Lipinski definition) is 2. The highest BCUT2D eigenvalue weighted by Gasteiger charge is 2.21. The Bertz CT molecular complexity index is 1130. The molecule has 0 atom stereocenters. The van der Waals surface area contributed by atoms with Crippen molar-refractivity contribution in [3.63, 3.8) is 0 Å². The summed E-state index contributed by atoms with van der Waals surface area (Å²) in [7, 11) is 0. The van der Waals surface area contributed by atoms with Crippen LogP contribution in [0.2, 0.25) is 5.02 Å². The van der Waals surface area contributed by atoms with Crippen LogP contribution in [-0.4, -0.2) is 72.8 Å². The van der Waals surface area contributed by atoms with Crippen LogP contribution in [0.4, 0.5) is 10.5 Å². The van der Waals surface area contributed by atoms with Crippen molar-refractivity contribution in [3.05, 3.63) is 101 Å². The lowest BCUT2D eigenvalue weighted by molar-refractivity contribution is 0.0351. The average Bonchev–Trinajstić information content (AvgIpc) is 2.93. The highest BCUT2D eigenvalue weighted by Crippen LogP contribution is 2.28. The van der Waals surface area contributed by atoms with Crippen molar-refractivity contribution in [3.8, 4) is 0 Å². The topological polar surface area (TPSA) is 82.1 Å². The van der Waals surface area contributed by atoms with Gasteiger partial charge in [0.2, 0.25) is 0 Å². The van der Waals surface area contributed by atoms with Gasteiger partial charge < -0.3 is 20.1 Å². The van der Waals surface area contributed by atoms with E-state index in [2.05, 4.69) is 34.5 Å². The number of amides is 2. The van der Waals surface area contributed by atoms with E-state index in [1.165, 1.54) is 23.3 Å². The Morgan fingerprint density at radius 1 is 0.946 bits per heavy atom. The van der Waals surface area contributed by atoms with Crippen molar-refractivity contribution in [2.45, 2.75) is 12.3 Å². The number of halogens is 1. The smallest absolute Gasteiger partial charge is 0.337 e. The molecule has 1 heterocycles. The Morgan fingerprint density at radius 3 is 2.16 bits per heavy atom. The van der Waals surface area contributed by atoms with Gasteiger partial charge in [0.25, 0.3) is 0 Å². The summed E-state index contributed by atoms with van der Waals surface area (Å²) in [6.07, 6.45) is 0.742. The van der Waals surface area contributed by atoms with Gasteiger partial charge in [-0.2, -0.15) is 0 Å². The first-order valence-corrected chi connectivity index (χ1v) is 12.9. The SMILES string of the molecule is O=C(O)c1cc(NC(=O)N(CCC(c2ccccc2)c2ccccc2)CCN2CCOCC2)ccc1Cl. The number of ether oxygens (including phenoxy) is 1. The molecule has 4 rings (SSSR count). The number of aromatic carboxylic acids is 1. The first-order chi connectivity index (χ1) is 18.0. The molecule has 194 valence electrons.